The van der Waals surface area contributed by atoms with Gasteiger partial charge in [0.05, 0.1) is 36.4 Å². The Morgan fingerprint density at radius 1 is 0.794 bits per heavy atom. The van der Waals surface area contributed by atoms with Crippen LogP contribution in [0.3, 0.4) is 0 Å². The fraction of sp³-hybridized carbons (Fsp3) is 0.0833. The first kappa shape index (κ1) is 23.4. The summed E-state index contributed by atoms with van der Waals surface area (Å²) in [6.07, 6.45) is 0. The summed E-state index contributed by atoms with van der Waals surface area (Å²) < 4.78 is 51.0. The van der Waals surface area contributed by atoms with Crippen LogP contribution >= 0.6 is 0 Å². The van der Waals surface area contributed by atoms with Gasteiger partial charge in [0.15, 0.2) is 0 Å². The average molecular weight is 484 g/mol. The van der Waals surface area contributed by atoms with Gasteiger partial charge in [-0.15, -0.1) is 10.2 Å². The van der Waals surface area contributed by atoms with Crippen molar-refractivity contribution in [3.63, 3.8) is 0 Å². The summed E-state index contributed by atoms with van der Waals surface area (Å²) in [6.45, 7) is 0. The van der Waals surface area contributed by atoms with Gasteiger partial charge in [0.1, 0.15) is 22.8 Å². The zero-order valence-electron chi connectivity index (χ0n) is 18.0. The van der Waals surface area contributed by atoms with Crippen LogP contribution in [0, 0.1) is 10.2 Å². The molecule has 3 aromatic carbocycles. The van der Waals surface area contributed by atoms with Crippen molar-refractivity contribution in [2.75, 3.05) is 14.2 Å². The van der Waals surface area contributed by atoms with Crippen LogP contribution in [0.2, 0.25) is 0 Å². The van der Waals surface area contributed by atoms with Crippen LogP contribution in [0.25, 0.3) is 44.1 Å². The minimum absolute atomic E-state index is 0.0162. The Morgan fingerprint density at radius 2 is 1.47 bits per heavy atom. The maximum absolute atomic E-state index is 13.0. The second kappa shape index (κ2) is 9.26. The summed E-state index contributed by atoms with van der Waals surface area (Å²) in [6, 6.07) is 20.6. The zero-order valence-corrected chi connectivity index (χ0v) is 18.8. The molecule has 0 saturated carbocycles. The minimum atomic E-state index is -4.94. The highest BCUT2D eigenvalue weighted by atomic mass is 35.7. The molecular weight excluding hydrogens is 466 g/mol. The number of aromatic nitrogens is 1. The summed E-state index contributed by atoms with van der Waals surface area (Å²) in [5, 5.41) is 2.00. The number of hydrogen-bond acceptors (Lipinski definition) is 8. The number of para-hydroxylation sites is 1. The lowest BCUT2D eigenvalue weighted by molar-refractivity contribution is -2.00. The van der Waals surface area contributed by atoms with E-state index in [0.29, 0.717) is 27.9 Å². The van der Waals surface area contributed by atoms with Crippen molar-refractivity contribution in [2.24, 2.45) is 0 Å². The van der Waals surface area contributed by atoms with Crippen molar-refractivity contribution >= 4 is 32.8 Å². The Balaban J connectivity index is 0.000000499. The highest BCUT2D eigenvalue weighted by Gasteiger charge is 2.17. The van der Waals surface area contributed by atoms with Crippen LogP contribution in [-0.2, 0) is 0 Å². The third kappa shape index (κ3) is 4.93. The molecule has 10 heteroatoms. The van der Waals surface area contributed by atoms with E-state index in [2.05, 4.69) is 4.98 Å². The maximum Gasteiger partial charge on any atom is 0.219 e. The highest BCUT2D eigenvalue weighted by molar-refractivity contribution is 5.99. The second-order valence-corrected chi connectivity index (χ2v) is 7.94. The van der Waals surface area contributed by atoms with E-state index >= 15 is 0 Å². The number of halogens is 1. The normalized spacial score (nSPS) is 11.4. The van der Waals surface area contributed by atoms with Gasteiger partial charge in [-0.2, -0.15) is 0 Å². The summed E-state index contributed by atoms with van der Waals surface area (Å²) in [5.41, 5.74) is 3.03. The van der Waals surface area contributed by atoms with Crippen LogP contribution < -0.4 is 38.5 Å². The Morgan fingerprint density at radius 3 is 2.12 bits per heavy atom. The van der Waals surface area contributed by atoms with Gasteiger partial charge in [-0.25, -0.2) is 23.6 Å². The number of aromatic amines is 1. The molecule has 0 atom stereocenters. The third-order valence-corrected chi connectivity index (χ3v) is 5.15. The predicted octanol–water partition coefficient (Wildman–Crippen LogP) is -0.158. The molecule has 174 valence electrons. The van der Waals surface area contributed by atoms with Gasteiger partial charge in [0, 0.05) is 17.7 Å². The summed E-state index contributed by atoms with van der Waals surface area (Å²) in [5.74, 6) is 2.09. The van der Waals surface area contributed by atoms with E-state index in [4.69, 9.17) is 32.5 Å². The number of fused-ring (bicyclic) bond motifs is 3. The molecule has 1 N–H and O–H groups in total. The Bertz CT molecular complexity index is 1540. The third-order valence-electron chi connectivity index (χ3n) is 5.15. The van der Waals surface area contributed by atoms with E-state index in [-0.39, 0.29) is 5.43 Å². The minimum Gasteiger partial charge on any atom is -0.497 e. The van der Waals surface area contributed by atoms with E-state index < -0.39 is 10.2 Å². The highest BCUT2D eigenvalue weighted by Crippen LogP contribution is 2.34. The van der Waals surface area contributed by atoms with Crippen molar-refractivity contribution in [2.45, 2.75) is 0 Å². The molecule has 34 heavy (non-hydrogen) atoms. The molecule has 2 aromatic heterocycles. The molecule has 0 aliphatic carbocycles. The van der Waals surface area contributed by atoms with E-state index in [0.717, 1.165) is 27.7 Å². The van der Waals surface area contributed by atoms with Gasteiger partial charge in [-0.05, 0) is 36.4 Å². The zero-order chi connectivity index (χ0) is 24.5. The molecule has 0 spiro atoms. The summed E-state index contributed by atoms with van der Waals surface area (Å²) >= 11 is 0. The molecule has 0 unspecified atom stereocenters. The number of hydrogen-bond donors (Lipinski definition) is 0. The fourth-order valence-electron chi connectivity index (χ4n) is 3.64. The van der Waals surface area contributed by atoms with Crippen molar-refractivity contribution in [3.05, 3.63) is 77.0 Å². The number of ether oxygens (including phenoxy) is 2. The lowest BCUT2D eigenvalue weighted by atomic mass is 10.1. The molecule has 0 aliphatic heterocycles. The van der Waals surface area contributed by atoms with Crippen LogP contribution in [0.15, 0.2) is 75.9 Å². The molecule has 5 rings (SSSR count). The lowest BCUT2D eigenvalue weighted by Crippen LogP contribution is -2.68. The smallest absolute Gasteiger partial charge is 0.219 e. The van der Waals surface area contributed by atoms with Crippen LogP contribution in [-0.4, -0.2) is 14.2 Å². The van der Waals surface area contributed by atoms with Crippen molar-refractivity contribution in [1.29, 1.82) is 0 Å². The molecule has 0 aliphatic rings. The van der Waals surface area contributed by atoms with Crippen LogP contribution in [0.5, 0.6) is 11.5 Å². The van der Waals surface area contributed by atoms with Crippen LogP contribution in [0.4, 0.5) is 0 Å². The second-order valence-electron chi connectivity index (χ2n) is 7.18. The molecule has 0 saturated heterocycles. The monoisotopic (exact) mass is 483 g/mol. The number of nitrogens with one attached hydrogen (secondary N) is 1. The first-order chi connectivity index (χ1) is 16.2. The van der Waals surface area contributed by atoms with Crippen LogP contribution in [0.1, 0.15) is 0 Å². The number of methoxy groups -OCH3 is 2. The molecule has 9 nitrogen and oxygen atoms in total. The van der Waals surface area contributed by atoms with Crippen molar-refractivity contribution in [3.8, 4) is 22.8 Å². The molecule has 5 aromatic rings. The van der Waals surface area contributed by atoms with E-state index in [1.54, 1.807) is 14.2 Å². The number of rotatable bonds is 3. The number of H-pyrrole nitrogens is 1. The SMILES string of the molecule is COc1ccc(-c2cc(OC)c3cc4c(=O)c5ccccc5[nH+]c4cc3o2)cc1.[O-][Cl+3]([O-])([O-])[O-]. The maximum atomic E-state index is 13.0. The van der Waals surface area contributed by atoms with Gasteiger partial charge in [-0.3, -0.25) is 4.79 Å². The molecular formula is C24H18ClNO8. The molecule has 0 bridgehead atoms. The van der Waals surface area contributed by atoms with Gasteiger partial charge in [0.25, 0.3) is 0 Å². The Labute approximate surface area is 194 Å². The van der Waals surface area contributed by atoms with Gasteiger partial charge >= 0.3 is 0 Å². The van der Waals surface area contributed by atoms with E-state index in [1.807, 2.05) is 66.7 Å². The van der Waals surface area contributed by atoms with E-state index in [9.17, 15) is 4.79 Å². The lowest BCUT2D eigenvalue weighted by Gasteiger charge is -2.17. The first-order valence-electron chi connectivity index (χ1n) is 9.84. The number of pyridine rings is 1. The standard InChI is InChI=1S/C24H17NO4.ClHO4/c1-27-15-9-7-14(8-10-15)21-13-22(28-2)18-11-17-20(12-23(18)29-21)25-19-6-4-3-5-16(19)24(17)26;2-1(3,4)5/h3-13H,1-2H3;(H,2,3,4,5). The molecule has 0 fully saturated rings. The summed E-state index contributed by atoms with van der Waals surface area (Å²) in [7, 11) is -1.70. The van der Waals surface area contributed by atoms with E-state index in [1.165, 1.54) is 0 Å². The van der Waals surface area contributed by atoms with Crippen molar-refractivity contribution in [1.82, 2.24) is 0 Å². The molecule has 0 amide bonds. The van der Waals surface area contributed by atoms with Gasteiger partial charge in [0.2, 0.25) is 16.5 Å². The quantitative estimate of drug-likeness (QED) is 0.320. The average Bonchev–Trinajstić information content (AvgIpc) is 2.81. The molecule has 2 heterocycles. The van der Waals surface area contributed by atoms with Crippen molar-refractivity contribution < 1.29 is 47.8 Å². The van der Waals surface area contributed by atoms with Gasteiger partial charge < -0.3 is 13.9 Å². The predicted molar refractivity (Wildman–Crippen MR) is 113 cm³/mol. The first-order valence-corrected chi connectivity index (χ1v) is 11.1. The Kier molecular flexibility index (Phi) is 6.38. The number of benzene rings is 3. The fourth-order valence-corrected chi connectivity index (χ4v) is 3.64. The molecule has 0 radical (unpaired) electrons. The van der Waals surface area contributed by atoms with Gasteiger partial charge in [-0.1, -0.05) is 12.1 Å². The largest absolute Gasteiger partial charge is 0.497 e. The topological polar surface area (TPSA) is 155 Å². The summed E-state index contributed by atoms with van der Waals surface area (Å²) in [4.78, 5) is 16.3. The Hall–Kier alpha value is -3.73.